The molecule has 0 saturated carbocycles. The Kier molecular flexibility index (Phi) is 5.78. The van der Waals surface area contributed by atoms with Crippen molar-refractivity contribution in [3.63, 3.8) is 0 Å². The van der Waals surface area contributed by atoms with Gasteiger partial charge in [-0.15, -0.1) is 6.58 Å². The molecule has 0 heterocycles. The zero-order valence-electron chi connectivity index (χ0n) is 12.5. The summed E-state index contributed by atoms with van der Waals surface area (Å²) in [5, 5.41) is 8.90. The molecule has 0 unspecified atom stereocenters. The fraction of sp³-hybridized carbons (Fsp3) is 0.211. The van der Waals surface area contributed by atoms with E-state index >= 15 is 0 Å². The van der Waals surface area contributed by atoms with Crippen LogP contribution in [0.25, 0.3) is 11.1 Å². The number of carboxylic acids is 1. The first-order valence-corrected chi connectivity index (χ1v) is 7.38. The molecule has 3 nitrogen and oxygen atoms in total. The maximum Gasteiger partial charge on any atom is 0.335 e. The molecule has 0 atom stereocenters. The van der Waals surface area contributed by atoms with Gasteiger partial charge in [0, 0.05) is 0 Å². The van der Waals surface area contributed by atoms with Gasteiger partial charge in [0.25, 0.3) is 0 Å². The minimum absolute atomic E-state index is 0.295. The summed E-state index contributed by atoms with van der Waals surface area (Å²) in [4.78, 5) is 10.8. The van der Waals surface area contributed by atoms with Crippen LogP contribution in [0.5, 0.6) is 5.75 Å². The first kappa shape index (κ1) is 15.8. The third kappa shape index (κ3) is 4.48. The summed E-state index contributed by atoms with van der Waals surface area (Å²) in [6, 6.07) is 14.7. The number of benzene rings is 2. The lowest BCUT2D eigenvalue weighted by Crippen LogP contribution is -1.97. The Morgan fingerprint density at radius 3 is 2.14 bits per heavy atom. The van der Waals surface area contributed by atoms with E-state index in [4.69, 9.17) is 9.84 Å². The summed E-state index contributed by atoms with van der Waals surface area (Å²) in [5.74, 6) is -0.0590. The van der Waals surface area contributed by atoms with Crippen LogP contribution in [0.15, 0.2) is 61.2 Å². The first-order valence-electron chi connectivity index (χ1n) is 7.38. The molecule has 0 fully saturated rings. The SMILES string of the molecule is C=CCCCCOc1ccc(-c2ccc(C(=O)O)cc2)cc1. The minimum atomic E-state index is -0.910. The average molecular weight is 296 g/mol. The highest BCUT2D eigenvalue weighted by molar-refractivity contribution is 5.88. The van der Waals surface area contributed by atoms with Gasteiger partial charge in [-0.1, -0.05) is 30.3 Å². The lowest BCUT2D eigenvalue weighted by atomic mass is 10.0. The summed E-state index contributed by atoms with van der Waals surface area (Å²) < 4.78 is 5.68. The van der Waals surface area contributed by atoms with Crippen molar-refractivity contribution in [1.29, 1.82) is 0 Å². The Morgan fingerprint density at radius 1 is 1.00 bits per heavy atom. The van der Waals surface area contributed by atoms with Crippen molar-refractivity contribution < 1.29 is 14.6 Å². The van der Waals surface area contributed by atoms with Crippen molar-refractivity contribution in [2.24, 2.45) is 0 Å². The molecule has 1 N–H and O–H groups in total. The molecule has 0 amide bonds. The number of allylic oxidation sites excluding steroid dienone is 1. The van der Waals surface area contributed by atoms with Gasteiger partial charge in [-0.3, -0.25) is 0 Å². The van der Waals surface area contributed by atoms with E-state index in [1.807, 2.05) is 42.5 Å². The Labute approximate surface area is 130 Å². The molecule has 2 rings (SSSR count). The molecule has 114 valence electrons. The van der Waals surface area contributed by atoms with E-state index in [2.05, 4.69) is 6.58 Å². The predicted octanol–water partition coefficient (Wildman–Crippen LogP) is 4.79. The Bertz CT molecular complexity index is 612. The lowest BCUT2D eigenvalue weighted by molar-refractivity contribution is 0.0697. The standard InChI is InChI=1S/C19H20O3/c1-2-3-4-5-14-22-18-12-10-16(11-13-18)15-6-8-17(9-7-15)19(20)21/h2,6-13H,1,3-5,14H2,(H,20,21). The van der Waals surface area contributed by atoms with Gasteiger partial charge in [-0.05, 0) is 54.7 Å². The van der Waals surface area contributed by atoms with Gasteiger partial charge in [0.2, 0.25) is 0 Å². The molecule has 0 aromatic heterocycles. The highest BCUT2D eigenvalue weighted by Crippen LogP contribution is 2.23. The van der Waals surface area contributed by atoms with Crippen molar-refractivity contribution >= 4 is 5.97 Å². The number of hydrogen-bond acceptors (Lipinski definition) is 2. The van der Waals surface area contributed by atoms with E-state index < -0.39 is 5.97 Å². The van der Waals surface area contributed by atoms with Crippen LogP contribution in [0, 0.1) is 0 Å². The highest BCUT2D eigenvalue weighted by Gasteiger charge is 2.03. The van der Waals surface area contributed by atoms with Gasteiger partial charge in [0.1, 0.15) is 5.75 Å². The van der Waals surface area contributed by atoms with Crippen LogP contribution in [0.2, 0.25) is 0 Å². The van der Waals surface area contributed by atoms with Crippen molar-refractivity contribution in [2.45, 2.75) is 19.3 Å². The quantitative estimate of drug-likeness (QED) is 0.563. The number of carbonyl (C=O) groups is 1. The fourth-order valence-electron chi connectivity index (χ4n) is 2.13. The van der Waals surface area contributed by atoms with Crippen LogP contribution in [0.4, 0.5) is 0 Å². The summed E-state index contributed by atoms with van der Waals surface area (Å²) in [6.07, 6.45) is 5.06. The number of rotatable bonds is 8. The van der Waals surface area contributed by atoms with Gasteiger partial charge in [-0.25, -0.2) is 4.79 Å². The van der Waals surface area contributed by atoms with Crippen molar-refractivity contribution in [2.75, 3.05) is 6.61 Å². The normalized spacial score (nSPS) is 10.2. The Hall–Kier alpha value is -2.55. The molecular weight excluding hydrogens is 276 g/mol. The summed E-state index contributed by atoms with van der Waals surface area (Å²) in [7, 11) is 0. The van der Waals surface area contributed by atoms with Crippen LogP contribution < -0.4 is 4.74 Å². The van der Waals surface area contributed by atoms with Crippen molar-refractivity contribution in [1.82, 2.24) is 0 Å². The molecule has 0 radical (unpaired) electrons. The molecule has 0 saturated heterocycles. The molecule has 22 heavy (non-hydrogen) atoms. The number of aromatic carboxylic acids is 1. The number of carboxylic acid groups (broad SMARTS) is 1. The molecule has 0 bridgehead atoms. The predicted molar refractivity (Wildman–Crippen MR) is 88.4 cm³/mol. The molecule has 0 aliphatic heterocycles. The summed E-state index contributed by atoms with van der Waals surface area (Å²) >= 11 is 0. The molecular formula is C19H20O3. The lowest BCUT2D eigenvalue weighted by Gasteiger charge is -2.07. The fourth-order valence-corrected chi connectivity index (χ4v) is 2.13. The van der Waals surface area contributed by atoms with E-state index in [-0.39, 0.29) is 0 Å². The highest BCUT2D eigenvalue weighted by atomic mass is 16.5. The molecule has 0 spiro atoms. The number of unbranched alkanes of at least 4 members (excludes halogenated alkanes) is 2. The topological polar surface area (TPSA) is 46.5 Å². The van der Waals surface area contributed by atoms with Crippen molar-refractivity contribution in [3.8, 4) is 16.9 Å². The van der Waals surface area contributed by atoms with Gasteiger partial charge in [0.05, 0.1) is 12.2 Å². The third-order valence-electron chi connectivity index (χ3n) is 3.39. The van der Waals surface area contributed by atoms with E-state index in [0.29, 0.717) is 12.2 Å². The molecule has 2 aromatic carbocycles. The van der Waals surface area contributed by atoms with Crippen LogP contribution >= 0.6 is 0 Å². The average Bonchev–Trinajstić information content (AvgIpc) is 2.55. The second-order valence-corrected chi connectivity index (χ2v) is 5.04. The zero-order chi connectivity index (χ0) is 15.8. The Morgan fingerprint density at radius 2 is 1.59 bits per heavy atom. The largest absolute Gasteiger partial charge is 0.494 e. The van der Waals surface area contributed by atoms with Gasteiger partial charge in [-0.2, -0.15) is 0 Å². The summed E-state index contributed by atoms with van der Waals surface area (Å²) in [5.41, 5.74) is 2.32. The van der Waals surface area contributed by atoms with Crippen LogP contribution in [0.3, 0.4) is 0 Å². The maximum atomic E-state index is 10.8. The molecule has 2 aromatic rings. The number of ether oxygens (including phenoxy) is 1. The smallest absolute Gasteiger partial charge is 0.335 e. The second kappa shape index (κ2) is 8.03. The van der Waals surface area contributed by atoms with Crippen molar-refractivity contribution in [3.05, 3.63) is 66.7 Å². The minimum Gasteiger partial charge on any atom is -0.494 e. The third-order valence-corrected chi connectivity index (χ3v) is 3.39. The summed E-state index contributed by atoms with van der Waals surface area (Å²) in [6.45, 7) is 4.41. The monoisotopic (exact) mass is 296 g/mol. The van der Waals surface area contributed by atoms with Gasteiger partial charge >= 0.3 is 5.97 Å². The van der Waals surface area contributed by atoms with E-state index in [1.165, 1.54) is 0 Å². The van der Waals surface area contributed by atoms with Crippen LogP contribution in [0.1, 0.15) is 29.6 Å². The molecule has 3 heteroatoms. The Balaban J connectivity index is 1.93. The van der Waals surface area contributed by atoms with Crippen LogP contribution in [-0.4, -0.2) is 17.7 Å². The van der Waals surface area contributed by atoms with Gasteiger partial charge < -0.3 is 9.84 Å². The number of hydrogen-bond donors (Lipinski definition) is 1. The molecule has 0 aliphatic carbocycles. The van der Waals surface area contributed by atoms with Gasteiger partial charge in [0.15, 0.2) is 0 Å². The van der Waals surface area contributed by atoms with Crippen LogP contribution in [-0.2, 0) is 0 Å². The van der Waals surface area contributed by atoms with E-state index in [9.17, 15) is 4.79 Å². The molecule has 0 aliphatic rings. The zero-order valence-corrected chi connectivity index (χ0v) is 12.5. The maximum absolute atomic E-state index is 10.8. The van der Waals surface area contributed by atoms with E-state index in [0.717, 1.165) is 36.1 Å². The first-order chi connectivity index (χ1) is 10.7. The second-order valence-electron chi connectivity index (χ2n) is 5.04. The van der Waals surface area contributed by atoms with E-state index in [1.54, 1.807) is 12.1 Å².